The van der Waals surface area contributed by atoms with Crippen LogP contribution in [0.3, 0.4) is 0 Å². The zero-order valence-corrected chi connectivity index (χ0v) is 19.1. The maximum absolute atomic E-state index is 13.0. The lowest BCUT2D eigenvalue weighted by atomic mass is 9.87. The van der Waals surface area contributed by atoms with E-state index in [1.165, 1.54) is 18.5 Å². The first-order chi connectivity index (χ1) is 17.7. The molecule has 13 heteroatoms. The average molecular weight is 517 g/mol. The SMILES string of the molecule is O=C(NC[C@@]12CO[C@@H](O1)[C@H](Nc1cccc(C(F)(F)F)n1)[C@@H](O)[C@H]2O)c1cnc(-c2ccccc2)nc1. The number of nitrogens with zero attached hydrogens (tertiary/aromatic N) is 3. The molecular formula is C24H22F3N5O5. The van der Waals surface area contributed by atoms with Crippen molar-refractivity contribution in [2.24, 2.45) is 0 Å². The molecule has 0 saturated carbocycles. The van der Waals surface area contributed by atoms with Crippen molar-refractivity contribution in [3.8, 4) is 11.4 Å². The number of anilines is 1. The first-order valence-corrected chi connectivity index (χ1v) is 11.3. The molecule has 5 atom stereocenters. The summed E-state index contributed by atoms with van der Waals surface area (Å²) in [6.45, 7) is -0.386. The fourth-order valence-electron chi connectivity index (χ4n) is 4.23. The van der Waals surface area contributed by atoms with Crippen LogP contribution >= 0.6 is 0 Å². The molecule has 0 aliphatic carbocycles. The summed E-state index contributed by atoms with van der Waals surface area (Å²) in [5, 5.41) is 26.8. The first-order valence-electron chi connectivity index (χ1n) is 11.3. The molecule has 10 nitrogen and oxygen atoms in total. The van der Waals surface area contributed by atoms with E-state index in [-0.39, 0.29) is 24.5 Å². The molecule has 4 heterocycles. The summed E-state index contributed by atoms with van der Waals surface area (Å²) in [5.41, 5.74) is -1.62. The van der Waals surface area contributed by atoms with Crippen molar-refractivity contribution in [1.82, 2.24) is 20.3 Å². The number of benzene rings is 1. The molecule has 5 rings (SSSR count). The standard InChI is InChI=1S/C24H22F3N5O5/c25-24(26,27)15-7-4-8-16(31-15)32-17-18(33)19(34)23(12-36-22(17)37-23)11-30-21(35)14-9-28-20(29-10-14)13-5-2-1-3-6-13/h1-10,17-19,22,33-34H,11-12H2,(H,30,35)(H,31,32)/t17-,18-,19-,22+,23+/m1/s1. The Morgan fingerprint density at radius 1 is 1.08 bits per heavy atom. The Kier molecular flexibility index (Phi) is 6.54. The number of alkyl halides is 3. The lowest BCUT2D eigenvalue weighted by molar-refractivity contribution is -0.212. The van der Waals surface area contributed by atoms with Crippen LogP contribution in [0.4, 0.5) is 19.0 Å². The first kappa shape index (κ1) is 25.0. The van der Waals surface area contributed by atoms with Crippen LogP contribution in [0, 0.1) is 0 Å². The smallest absolute Gasteiger partial charge is 0.388 e. The predicted octanol–water partition coefficient (Wildman–Crippen LogP) is 1.61. The third-order valence-corrected chi connectivity index (χ3v) is 6.21. The van der Waals surface area contributed by atoms with Gasteiger partial charge in [-0.05, 0) is 12.1 Å². The van der Waals surface area contributed by atoms with Gasteiger partial charge in [0, 0.05) is 18.0 Å². The molecule has 2 bridgehead atoms. The number of carbonyl (C=O) groups is 1. The van der Waals surface area contributed by atoms with Crippen molar-refractivity contribution in [3.05, 3.63) is 72.2 Å². The lowest BCUT2D eigenvalue weighted by Crippen LogP contribution is -2.66. The molecule has 37 heavy (non-hydrogen) atoms. The number of ether oxygens (including phenoxy) is 2. The maximum Gasteiger partial charge on any atom is 0.433 e. The number of hydrogen-bond acceptors (Lipinski definition) is 9. The molecule has 194 valence electrons. The maximum atomic E-state index is 13.0. The van der Waals surface area contributed by atoms with E-state index in [4.69, 9.17) is 9.47 Å². The van der Waals surface area contributed by atoms with Crippen molar-refractivity contribution < 1.29 is 37.7 Å². The number of amides is 1. The zero-order valence-electron chi connectivity index (χ0n) is 19.1. The molecule has 0 spiro atoms. The van der Waals surface area contributed by atoms with Gasteiger partial charge >= 0.3 is 6.18 Å². The Bertz CT molecular complexity index is 1260. The van der Waals surface area contributed by atoms with Crippen molar-refractivity contribution >= 4 is 11.7 Å². The number of nitrogens with one attached hydrogen (secondary N) is 2. The van der Waals surface area contributed by atoms with E-state index < -0.39 is 47.9 Å². The second-order valence-electron chi connectivity index (χ2n) is 8.72. The summed E-state index contributed by atoms with van der Waals surface area (Å²) >= 11 is 0. The van der Waals surface area contributed by atoms with Crippen LogP contribution in [-0.2, 0) is 15.7 Å². The molecule has 2 aliphatic rings. The highest BCUT2D eigenvalue weighted by molar-refractivity contribution is 5.93. The van der Waals surface area contributed by atoms with Gasteiger partial charge in [0.15, 0.2) is 12.1 Å². The topological polar surface area (TPSA) is 139 Å². The Morgan fingerprint density at radius 3 is 2.51 bits per heavy atom. The third-order valence-electron chi connectivity index (χ3n) is 6.21. The van der Waals surface area contributed by atoms with E-state index in [1.54, 1.807) is 0 Å². The molecule has 2 aromatic heterocycles. The third kappa shape index (κ3) is 4.98. The van der Waals surface area contributed by atoms with Gasteiger partial charge in [0.25, 0.3) is 5.91 Å². The Hall–Kier alpha value is -3.65. The highest BCUT2D eigenvalue weighted by Crippen LogP contribution is 2.38. The number of hydrogen-bond donors (Lipinski definition) is 4. The van der Waals surface area contributed by atoms with Gasteiger partial charge in [0.2, 0.25) is 0 Å². The van der Waals surface area contributed by atoms with Crippen LogP contribution in [-0.4, -0.2) is 74.4 Å². The highest BCUT2D eigenvalue weighted by atomic mass is 19.4. The van der Waals surface area contributed by atoms with E-state index in [1.807, 2.05) is 30.3 Å². The van der Waals surface area contributed by atoms with Crippen molar-refractivity contribution in [1.29, 1.82) is 0 Å². The van der Waals surface area contributed by atoms with Gasteiger partial charge in [-0.15, -0.1) is 0 Å². The van der Waals surface area contributed by atoms with Crippen molar-refractivity contribution in [2.45, 2.75) is 36.3 Å². The van der Waals surface area contributed by atoms with Crippen molar-refractivity contribution in [2.75, 3.05) is 18.5 Å². The number of fused-ring (bicyclic) bond motifs is 2. The van der Waals surface area contributed by atoms with E-state index in [0.29, 0.717) is 5.82 Å². The fourth-order valence-corrected chi connectivity index (χ4v) is 4.23. The minimum Gasteiger partial charge on any atom is -0.388 e. The molecular weight excluding hydrogens is 495 g/mol. The van der Waals surface area contributed by atoms with Gasteiger partial charge in [-0.1, -0.05) is 36.4 Å². The second kappa shape index (κ2) is 9.67. The summed E-state index contributed by atoms with van der Waals surface area (Å²) in [6, 6.07) is 11.4. The van der Waals surface area contributed by atoms with Crippen LogP contribution in [0.5, 0.6) is 0 Å². The number of rotatable bonds is 6. The zero-order chi connectivity index (χ0) is 26.2. The molecule has 2 saturated heterocycles. The molecule has 1 aromatic carbocycles. The van der Waals surface area contributed by atoms with Crippen LogP contribution < -0.4 is 10.6 Å². The molecule has 0 radical (unpaired) electrons. The van der Waals surface area contributed by atoms with Gasteiger partial charge < -0.3 is 30.3 Å². The Balaban J connectivity index is 1.23. The number of aliphatic hydroxyl groups excluding tert-OH is 2. The average Bonchev–Trinajstić information content (AvgIpc) is 3.31. The van der Waals surface area contributed by atoms with Gasteiger partial charge in [-0.25, -0.2) is 15.0 Å². The van der Waals surface area contributed by atoms with Gasteiger partial charge in [-0.3, -0.25) is 4.79 Å². The number of carbonyl (C=O) groups excluding carboxylic acids is 1. The monoisotopic (exact) mass is 517 g/mol. The molecule has 3 aromatic rings. The van der Waals surface area contributed by atoms with Crippen LogP contribution in [0.1, 0.15) is 16.1 Å². The van der Waals surface area contributed by atoms with E-state index in [2.05, 4.69) is 25.6 Å². The van der Waals surface area contributed by atoms with E-state index >= 15 is 0 Å². The highest BCUT2D eigenvalue weighted by Gasteiger charge is 2.59. The quantitative estimate of drug-likeness (QED) is 0.384. The second-order valence-corrected chi connectivity index (χ2v) is 8.72. The largest absolute Gasteiger partial charge is 0.433 e. The van der Waals surface area contributed by atoms with Crippen LogP contribution in [0.2, 0.25) is 0 Å². The normalized spacial score (nSPS) is 27.1. The molecule has 4 N–H and O–H groups in total. The molecule has 0 unspecified atom stereocenters. The number of aliphatic hydroxyl groups is 2. The van der Waals surface area contributed by atoms with E-state index in [0.717, 1.165) is 17.7 Å². The summed E-state index contributed by atoms with van der Waals surface area (Å²) in [5.74, 6) is -0.258. The van der Waals surface area contributed by atoms with Gasteiger partial charge in [0.05, 0.1) is 18.7 Å². The summed E-state index contributed by atoms with van der Waals surface area (Å²) in [7, 11) is 0. The Labute approximate surface area is 208 Å². The molecule has 2 aliphatic heterocycles. The Morgan fingerprint density at radius 2 is 1.81 bits per heavy atom. The predicted molar refractivity (Wildman–Crippen MR) is 122 cm³/mol. The molecule has 1 amide bonds. The lowest BCUT2D eigenvalue weighted by Gasteiger charge is -2.43. The minimum atomic E-state index is -4.65. The minimum absolute atomic E-state index is 0.173. The van der Waals surface area contributed by atoms with Gasteiger partial charge in [0.1, 0.15) is 35.4 Å². The van der Waals surface area contributed by atoms with Crippen LogP contribution in [0.25, 0.3) is 11.4 Å². The number of halogens is 3. The van der Waals surface area contributed by atoms with Crippen LogP contribution in [0.15, 0.2) is 60.9 Å². The summed E-state index contributed by atoms with van der Waals surface area (Å²) in [4.78, 5) is 24.6. The molecule has 2 fully saturated rings. The van der Waals surface area contributed by atoms with E-state index in [9.17, 15) is 28.2 Å². The van der Waals surface area contributed by atoms with Gasteiger partial charge in [-0.2, -0.15) is 13.2 Å². The fraction of sp³-hybridized carbons (Fsp3) is 0.333. The summed E-state index contributed by atoms with van der Waals surface area (Å²) in [6.07, 6.45) is -6.06. The number of aromatic nitrogens is 3. The summed E-state index contributed by atoms with van der Waals surface area (Å²) < 4.78 is 50.3. The number of pyridine rings is 1. The van der Waals surface area contributed by atoms with Crippen molar-refractivity contribution in [3.63, 3.8) is 0 Å².